The van der Waals surface area contributed by atoms with Crippen LogP contribution in [-0.2, 0) is 9.59 Å². The molecule has 168 valence electrons. The minimum absolute atomic E-state index is 0.238. The van der Waals surface area contributed by atoms with Gasteiger partial charge in [0.05, 0.1) is 11.0 Å². The van der Waals surface area contributed by atoms with E-state index in [-0.39, 0.29) is 5.95 Å². The van der Waals surface area contributed by atoms with Gasteiger partial charge in [-0.25, -0.2) is 4.98 Å². The lowest BCUT2D eigenvalue weighted by molar-refractivity contribution is -0.139. The van der Waals surface area contributed by atoms with E-state index in [1.807, 2.05) is 12.1 Å². The predicted molar refractivity (Wildman–Crippen MR) is 122 cm³/mol. The van der Waals surface area contributed by atoms with Crippen molar-refractivity contribution in [3.63, 3.8) is 0 Å². The van der Waals surface area contributed by atoms with Crippen LogP contribution in [0.5, 0.6) is 0 Å². The quantitative estimate of drug-likeness (QED) is 0.348. The fraction of sp³-hybridized carbons (Fsp3) is 0.348. The third kappa shape index (κ3) is 4.90. The van der Waals surface area contributed by atoms with Gasteiger partial charge in [0.2, 0.25) is 0 Å². The van der Waals surface area contributed by atoms with Crippen LogP contribution in [0.3, 0.4) is 0 Å². The van der Waals surface area contributed by atoms with E-state index in [4.69, 9.17) is 5.73 Å². The van der Waals surface area contributed by atoms with Gasteiger partial charge in [-0.1, -0.05) is 31.4 Å². The molecule has 32 heavy (non-hydrogen) atoms. The first-order valence-electron chi connectivity index (χ1n) is 10.7. The molecule has 2 aromatic carbocycles. The van der Waals surface area contributed by atoms with Gasteiger partial charge in [0.25, 0.3) is 11.8 Å². The summed E-state index contributed by atoms with van der Waals surface area (Å²) >= 11 is 0. The molecule has 0 bridgehead atoms. The van der Waals surface area contributed by atoms with Crippen LogP contribution in [0.25, 0.3) is 11.0 Å². The zero-order valence-corrected chi connectivity index (χ0v) is 17.5. The summed E-state index contributed by atoms with van der Waals surface area (Å²) in [4.78, 5) is 31.6. The summed E-state index contributed by atoms with van der Waals surface area (Å²) in [6, 6.07) is 12.3. The molecule has 1 aliphatic carbocycles. The Balaban J connectivity index is 1.34. The van der Waals surface area contributed by atoms with Crippen molar-refractivity contribution >= 4 is 40.2 Å². The molecule has 1 aromatic heterocycles. The Morgan fingerprint density at radius 1 is 0.938 bits per heavy atom. The minimum Gasteiger partial charge on any atom is -0.380 e. The first kappa shape index (κ1) is 21.8. The number of aromatic amines is 1. The van der Waals surface area contributed by atoms with Crippen molar-refractivity contribution in [1.29, 1.82) is 0 Å². The molecule has 1 fully saturated rings. The maximum Gasteiger partial charge on any atom is 0.256 e. The van der Waals surface area contributed by atoms with Crippen LogP contribution in [0.15, 0.2) is 42.5 Å². The topological polar surface area (TPSA) is 153 Å². The van der Waals surface area contributed by atoms with Crippen LogP contribution in [0, 0.1) is 0 Å². The highest BCUT2D eigenvalue weighted by Gasteiger charge is 2.30. The molecule has 9 nitrogen and oxygen atoms in total. The van der Waals surface area contributed by atoms with Crippen molar-refractivity contribution in [1.82, 2.24) is 9.97 Å². The highest BCUT2D eigenvalue weighted by molar-refractivity contribution is 6.02. The third-order valence-electron chi connectivity index (χ3n) is 5.86. The largest absolute Gasteiger partial charge is 0.380 e. The summed E-state index contributed by atoms with van der Waals surface area (Å²) in [5.41, 5.74) is 8.90. The molecule has 1 heterocycles. The van der Waals surface area contributed by atoms with Crippen LogP contribution in [0.2, 0.25) is 0 Å². The number of rotatable bonds is 6. The number of hydrogen-bond acceptors (Lipinski definition) is 6. The Bertz CT molecular complexity index is 1110. The number of nitrogens with two attached hydrogens (primary N) is 1. The highest BCUT2D eigenvalue weighted by Crippen LogP contribution is 2.33. The standard InChI is InChI=1S/C23H27N5O4/c24-23-27-17-11-10-16(12-18(17)28-23)26-22(32)20(30)19(29)21(31)25-15-8-6-14(7-9-15)13-4-2-1-3-5-13/h6-13,19-20,29-30H,1-5H2,(H,25,31)(H,26,32)(H3,24,27,28)/t19-,20-/m1/s1. The normalized spacial score (nSPS) is 16.4. The fourth-order valence-corrected chi connectivity index (χ4v) is 4.10. The number of fused-ring (bicyclic) bond motifs is 1. The number of nitrogen functional groups attached to an aromatic ring is 1. The van der Waals surface area contributed by atoms with Crippen molar-refractivity contribution in [2.75, 3.05) is 16.4 Å². The number of hydrogen-bond donors (Lipinski definition) is 6. The van der Waals surface area contributed by atoms with Crippen LogP contribution >= 0.6 is 0 Å². The van der Waals surface area contributed by atoms with E-state index in [1.54, 1.807) is 30.3 Å². The zero-order chi connectivity index (χ0) is 22.7. The van der Waals surface area contributed by atoms with E-state index in [2.05, 4.69) is 20.6 Å². The Hall–Kier alpha value is -3.43. The summed E-state index contributed by atoms with van der Waals surface area (Å²) in [5, 5.41) is 25.3. The van der Waals surface area contributed by atoms with E-state index >= 15 is 0 Å². The fourth-order valence-electron chi connectivity index (χ4n) is 4.10. The van der Waals surface area contributed by atoms with E-state index in [0.717, 1.165) is 0 Å². The van der Waals surface area contributed by atoms with E-state index < -0.39 is 24.0 Å². The van der Waals surface area contributed by atoms with Crippen LogP contribution in [0.1, 0.15) is 43.6 Å². The second kappa shape index (κ2) is 9.37. The zero-order valence-electron chi connectivity index (χ0n) is 17.5. The number of nitrogens with zero attached hydrogens (tertiary/aromatic N) is 1. The summed E-state index contributed by atoms with van der Waals surface area (Å²) in [6.45, 7) is 0. The van der Waals surface area contributed by atoms with Crippen LogP contribution in [-0.4, -0.2) is 44.2 Å². The number of imidazole rings is 1. The maximum absolute atomic E-state index is 12.3. The number of benzene rings is 2. The number of H-pyrrole nitrogens is 1. The Morgan fingerprint density at radius 3 is 2.19 bits per heavy atom. The number of aromatic nitrogens is 2. The molecule has 1 aliphatic rings. The smallest absolute Gasteiger partial charge is 0.256 e. The first-order valence-corrected chi connectivity index (χ1v) is 10.7. The number of carbonyl (C=O) groups excluding carboxylic acids is 2. The van der Waals surface area contributed by atoms with Crippen LogP contribution in [0.4, 0.5) is 17.3 Å². The van der Waals surface area contributed by atoms with Crippen molar-refractivity contribution in [2.45, 2.75) is 50.2 Å². The molecule has 7 N–H and O–H groups in total. The first-order chi connectivity index (χ1) is 15.4. The van der Waals surface area contributed by atoms with Gasteiger partial charge in [-0.15, -0.1) is 0 Å². The predicted octanol–water partition coefficient (Wildman–Crippen LogP) is 2.49. The third-order valence-corrected chi connectivity index (χ3v) is 5.86. The van der Waals surface area contributed by atoms with Crippen LogP contribution < -0.4 is 16.4 Å². The Labute approximate surface area is 185 Å². The number of aliphatic hydroxyl groups excluding tert-OH is 2. The van der Waals surface area contributed by atoms with E-state index in [9.17, 15) is 19.8 Å². The second-order valence-electron chi connectivity index (χ2n) is 8.18. The second-order valence-corrected chi connectivity index (χ2v) is 8.18. The van der Waals surface area contributed by atoms with Gasteiger partial charge in [-0.3, -0.25) is 9.59 Å². The number of carbonyl (C=O) groups is 2. The molecule has 0 spiro atoms. The Morgan fingerprint density at radius 2 is 1.53 bits per heavy atom. The molecule has 2 amide bonds. The summed E-state index contributed by atoms with van der Waals surface area (Å²) in [5.74, 6) is -0.994. The lowest BCUT2D eigenvalue weighted by Crippen LogP contribution is -2.45. The summed E-state index contributed by atoms with van der Waals surface area (Å²) < 4.78 is 0. The molecule has 0 aliphatic heterocycles. The van der Waals surface area contributed by atoms with Gasteiger partial charge in [-0.05, 0) is 54.7 Å². The van der Waals surface area contributed by atoms with Crippen molar-refractivity contribution in [3.05, 3.63) is 48.0 Å². The van der Waals surface area contributed by atoms with Crippen molar-refractivity contribution in [2.24, 2.45) is 0 Å². The number of anilines is 3. The summed E-state index contributed by atoms with van der Waals surface area (Å²) in [6.07, 6.45) is 2.22. The van der Waals surface area contributed by atoms with Gasteiger partial charge >= 0.3 is 0 Å². The van der Waals surface area contributed by atoms with Crippen molar-refractivity contribution in [3.8, 4) is 0 Å². The number of amides is 2. The molecule has 0 radical (unpaired) electrons. The molecular weight excluding hydrogens is 410 g/mol. The molecule has 9 heteroatoms. The minimum atomic E-state index is -1.95. The Kier molecular flexibility index (Phi) is 6.38. The average molecular weight is 438 g/mol. The SMILES string of the molecule is Nc1nc2ccc(NC(=O)[C@H](O)[C@@H](O)C(=O)Nc3ccc(C4CCCCC4)cc3)cc2[nH]1. The highest BCUT2D eigenvalue weighted by atomic mass is 16.3. The van der Waals surface area contributed by atoms with Gasteiger partial charge in [0.1, 0.15) is 0 Å². The van der Waals surface area contributed by atoms with Gasteiger partial charge in [-0.2, -0.15) is 0 Å². The maximum atomic E-state index is 12.3. The molecule has 3 aromatic rings. The molecule has 0 unspecified atom stereocenters. The average Bonchev–Trinajstić information content (AvgIpc) is 3.18. The van der Waals surface area contributed by atoms with E-state index in [0.29, 0.717) is 28.3 Å². The lowest BCUT2D eigenvalue weighted by atomic mass is 9.84. The van der Waals surface area contributed by atoms with Crippen molar-refractivity contribution < 1.29 is 19.8 Å². The van der Waals surface area contributed by atoms with Gasteiger partial charge in [0.15, 0.2) is 18.2 Å². The number of aliphatic hydroxyl groups is 2. The monoisotopic (exact) mass is 437 g/mol. The van der Waals surface area contributed by atoms with Gasteiger partial charge in [0, 0.05) is 11.4 Å². The summed E-state index contributed by atoms with van der Waals surface area (Å²) in [7, 11) is 0. The molecular formula is C23H27N5O4. The molecule has 0 saturated heterocycles. The lowest BCUT2D eigenvalue weighted by Gasteiger charge is -2.22. The molecule has 1 saturated carbocycles. The molecule has 2 atom stereocenters. The van der Waals surface area contributed by atoms with E-state index in [1.165, 1.54) is 37.7 Å². The number of nitrogens with one attached hydrogen (secondary N) is 3. The molecule has 4 rings (SSSR count). The van der Waals surface area contributed by atoms with Gasteiger partial charge < -0.3 is 31.6 Å².